The van der Waals surface area contributed by atoms with Gasteiger partial charge in [-0.3, -0.25) is 4.79 Å². The van der Waals surface area contributed by atoms with Crippen molar-refractivity contribution in [1.82, 2.24) is 20.2 Å². The highest BCUT2D eigenvalue weighted by Gasteiger charge is 2.65. The highest BCUT2D eigenvalue weighted by atomic mass is 16.3. The lowest BCUT2D eigenvalue weighted by Crippen LogP contribution is -2.50. The van der Waals surface area contributed by atoms with Crippen molar-refractivity contribution in [3.05, 3.63) is 6.33 Å². The number of carbonyl (C=O) groups is 1. The first-order valence-corrected chi connectivity index (χ1v) is 11.5. The fourth-order valence-corrected chi connectivity index (χ4v) is 8.74. The molecule has 0 aliphatic heterocycles. The summed E-state index contributed by atoms with van der Waals surface area (Å²) < 4.78 is 1.58. The van der Waals surface area contributed by atoms with Crippen LogP contribution in [-0.4, -0.2) is 36.7 Å². The third-order valence-corrected chi connectivity index (χ3v) is 10.1. The minimum Gasteiger partial charge on any atom is -0.390 e. The molecule has 5 fully saturated rings. The monoisotopic (exact) mass is 384 g/mol. The van der Waals surface area contributed by atoms with Gasteiger partial charge in [-0.05, 0) is 109 Å². The van der Waals surface area contributed by atoms with Crippen LogP contribution in [0.4, 0.5) is 0 Å². The molecule has 1 aromatic rings. The maximum atomic E-state index is 13.1. The van der Waals surface area contributed by atoms with E-state index in [0.717, 1.165) is 42.9 Å². The Morgan fingerprint density at radius 2 is 1.79 bits per heavy atom. The number of rotatable bonds is 3. The van der Waals surface area contributed by atoms with E-state index in [2.05, 4.69) is 22.4 Å². The summed E-state index contributed by atoms with van der Waals surface area (Å²) in [5.41, 5.74) is -0.119. The third kappa shape index (κ3) is 2.36. The molecule has 9 atom stereocenters. The second-order valence-electron chi connectivity index (χ2n) is 10.9. The van der Waals surface area contributed by atoms with E-state index < -0.39 is 0 Å². The normalized spacial score (nSPS) is 51.6. The van der Waals surface area contributed by atoms with Crippen LogP contribution in [-0.2, 0) is 11.3 Å². The first kappa shape index (κ1) is 17.5. The molecule has 0 spiro atoms. The van der Waals surface area contributed by atoms with Crippen molar-refractivity contribution in [2.75, 3.05) is 0 Å². The van der Waals surface area contributed by atoms with Crippen molar-refractivity contribution in [3.8, 4) is 0 Å². The van der Waals surface area contributed by atoms with Gasteiger partial charge in [0, 0.05) is 5.92 Å². The van der Waals surface area contributed by atoms with E-state index >= 15 is 0 Å². The van der Waals surface area contributed by atoms with Gasteiger partial charge in [0.15, 0.2) is 5.78 Å². The topological polar surface area (TPSA) is 80.9 Å². The minimum atomic E-state index is -0.279. The Morgan fingerprint density at radius 3 is 2.54 bits per heavy atom. The van der Waals surface area contributed by atoms with Crippen molar-refractivity contribution >= 4 is 5.78 Å². The van der Waals surface area contributed by atoms with Gasteiger partial charge in [-0.25, -0.2) is 4.68 Å². The molecule has 0 aromatic carbocycles. The Labute approximate surface area is 166 Å². The van der Waals surface area contributed by atoms with Gasteiger partial charge in [0.25, 0.3) is 0 Å². The summed E-state index contributed by atoms with van der Waals surface area (Å²) in [7, 11) is 0. The Bertz CT molecular complexity index is 782. The average molecular weight is 385 g/mol. The lowest BCUT2D eigenvalue weighted by molar-refractivity contribution is -0.131. The minimum absolute atomic E-state index is 0.161. The number of Topliss-reactive ketones (excluding diaryl/α,β-unsaturated/α-hetero) is 1. The van der Waals surface area contributed by atoms with Crippen molar-refractivity contribution in [2.45, 2.75) is 76.9 Å². The molecule has 0 amide bonds. The van der Waals surface area contributed by atoms with Crippen LogP contribution in [0.3, 0.4) is 0 Å². The van der Waals surface area contributed by atoms with Crippen LogP contribution in [0.2, 0.25) is 0 Å². The first-order chi connectivity index (χ1) is 13.5. The molecular weight excluding hydrogens is 352 g/mol. The Morgan fingerprint density at radius 1 is 1.04 bits per heavy atom. The zero-order valence-electron chi connectivity index (χ0n) is 16.8. The Hall–Kier alpha value is -1.30. The second kappa shape index (κ2) is 5.87. The van der Waals surface area contributed by atoms with Crippen molar-refractivity contribution in [3.63, 3.8) is 0 Å². The van der Waals surface area contributed by atoms with E-state index in [1.807, 2.05) is 0 Å². The first-order valence-electron chi connectivity index (χ1n) is 11.5. The van der Waals surface area contributed by atoms with Gasteiger partial charge in [0.05, 0.1) is 5.60 Å². The molecule has 6 rings (SSSR count). The summed E-state index contributed by atoms with van der Waals surface area (Å²) in [6, 6.07) is 0. The molecule has 5 saturated carbocycles. The third-order valence-electron chi connectivity index (χ3n) is 10.1. The molecule has 0 saturated heterocycles. The molecular formula is C22H32N4O2. The summed E-state index contributed by atoms with van der Waals surface area (Å²) in [4.78, 5) is 13.1. The van der Waals surface area contributed by atoms with Crippen LogP contribution in [0.25, 0.3) is 0 Å². The van der Waals surface area contributed by atoms with E-state index in [1.165, 1.54) is 38.5 Å². The number of hydrogen-bond donors (Lipinski definition) is 1. The Balaban J connectivity index is 1.21. The summed E-state index contributed by atoms with van der Waals surface area (Å²) in [5.74, 6) is 5.07. The van der Waals surface area contributed by atoms with Crippen LogP contribution in [0, 0.1) is 46.8 Å². The Kier molecular flexibility index (Phi) is 3.68. The zero-order valence-corrected chi connectivity index (χ0v) is 16.8. The molecule has 1 heterocycles. The number of nitrogens with zero attached hydrogens (tertiary/aromatic N) is 4. The predicted octanol–water partition coefficient (Wildman–Crippen LogP) is 2.87. The quantitative estimate of drug-likeness (QED) is 0.867. The summed E-state index contributed by atoms with van der Waals surface area (Å²) >= 11 is 0. The highest BCUT2D eigenvalue weighted by Crippen LogP contribution is 2.68. The molecule has 0 bridgehead atoms. The van der Waals surface area contributed by atoms with Gasteiger partial charge in [-0.2, -0.15) is 0 Å². The molecule has 28 heavy (non-hydrogen) atoms. The van der Waals surface area contributed by atoms with Crippen LogP contribution in [0.15, 0.2) is 6.33 Å². The molecule has 1 aromatic heterocycles. The largest absolute Gasteiger partial charge is 0.390 e. The molecule has 6 heteroatoms. The highest BCUT2D eigenvalue weighted by molar-refractivity contribution is 5.82. The van der Waals surface area contributed by atoms with Gasteiger partial charge in [0.2, 0.25) is 0 Å². The molecule has 1 N–H and O–H groups in total. The number of hydrogen-bond acceptors (Lipinski definition) is 5. The maximum absolute atomic E-state index is 13.1. The molecule has 152 valence electrons. The predicted molar refractivity (Wildman–Crippen MR) is 102 cm³/mol. The van der Waals surface area contributed by atoms with Gasteiger partial charge in [-0.1, -0.05) is 6.92 Å². The summed E-state index contributed by atoms with van der Waals surface area (Å²) in [5, 5.41) is 21.9. The lowest BCUT2D eigenvalue weighted by atomic mass is 9.49. The smallest absolute Gasteiger partial charge is 0.158 e. The molecule has 6 nitrogen and oxygen atoms in total. The fourth-order valence-electron chi connectivity index (χ4n) is 8.74. The number of tetrazole rings is 1. The van der Waals surface area contributed by atoms with Crippen molar-refractivity contribution < 1.29 is 9.90 Å². The van der Waals surface area contributed by atoms with Crippen molar-refractivity contribution in [1.29, 1.82) is 0 Å². The number of ketones is 1. The molecule has 5 aliphatic carbocycles. The van der Waals surface area contributed by atoms with E-state index in [0.29, 0.717) is 24.2 Å². The van der Waals surface area contributed by atoms with Crippen LogP contribution in [0.5, 0.6) is 0 Å². The number of aromatic nitrogens is 4. The number of fused-ring (bicyclic) bond motifs is 7. The van der Waals surface area contributed by atoms with E-state index in [9.17, 15) is 9.90 Å². The van der Waals surface area contributed by atoms with Crippen LogP contribution in [0.1, 0.15) is 64.7 Å². The lowest BCUT2D eigenvalue weighted by Gasteiger charge is -2.56. The standard InChI is InChI=1S/C22H32N4O2/c1-21-8-6-13-14-7-9-22(28)10-19(22)16(14)3-2-15(13)17(21)4-5-18(21)20(27)11-26-12-23-24-25-26/h12-19,28H,2-11H2,1H3/t13-,14-,15-,16-,17+,18-,19?,21+,22+/m1/s1. The van der Waals surface area contributed by atoms with E-state index in [-0.39, 0.29) is 16.9 Å². The molecule has 5 aliphatic rings. The van der Waals surface area contributed by atoms with Gasteiger partial charge in [-0.15, -0.1) is 5.10 Å². The van der Waals surface area contributed by atoms with E-state index in [4.69, 9.17) is 0 Å². The van der Waals surface area contributed by atoms with Gasteiger partial charge in [0.1, 0.15) is 12.9 Å². The van der Waals surface area contributed by atoms with Crippen molar-refractivity contribution in [2.24, 2.45) is 46.8 Å². The fraction of sp³-hybridized carbons (Fsp3) is 0.909. The summed E-state index contributed by atoms with van der Waals surface area (Å²) in [6.45, 7) is 2.73. The maximum Gasteiger partial charge on any atom is 0.158 e. The molecule has 1 unspecified atom stereocenters. The SMILES string of the molecule is C[C@]12CC[C@@H]3[C@H]4CC[C@]5(O)CC5[C@@H]4CC[C@H]3[C@@H]1CC[C@@H]2C(=O)Cn1cnnn1. The van der Waals surface area contributed by atoms with Gasteiger partial charge < -0.3 is 5.11 Å². The molecule has 0 radical (unpaired) electrons. The summed E-state index contributed by atoms with van der Waals surface area (Å²) in [6.07, 6.45) is 12.3. The van der Waals surface area contributed by atoms with Gasteiger partial charge >= 0.3 is 0 Å². The van der Waals surface area contributed by atoms with Crippen LogP contribution < -0.4 is 0 Å². The van der Waals surface area contributed by atoms with E-state index in [1.54, 1.807) is 11.0 Å². The zero-order chi connectivity index (χ0) is 19.1. The number of aliphatic hydroxyl groups is 1. The number of carbonyl (C=O) groups excluding carboxylic acids is 1. The average Bonchev–Trinajstić information content (AvgIpc) is 3.00. The van der Waals surface area contributed by atoms with Crippen LogP contribution >= 0.6 is 0 Å². The second-order valence-corrected chi connectivity index (χ2v) is 10.9.